The zero-order valence-corrected chi connectivity index (χ0v) is 10.4. The van der Waals surface area contributed by atoms with Gasteiger partial charge in [0.1, 0.15) is 0 Å². The van der Waals surface area contributed by atoms with Crippen molar-refractivity contribution >= 4 is 6.01 Å². The summed E-state index contributed by atoms with van der Waals surface area (Å²) in [6.07, 6.45) is 2.38. The lowest BCUT2D eigenvalue weighted by molar-refractivity contribution is 0.0453. The molecule has 1 unspecified atom stereocenters. The van der Waals surface area contributed by atoms with Crippen molar-refractivity contribution in [1.82, 2.24) is 10.2 Å². The van der Waals surface area contributed by atoms with Crippen molar-refractivity contribution in [2.75, 3.05) is 24.6 Å². The maximum atomic E-state index is 5.68. The molecule has 1 aliphatic heterocycles. The van der Waals surface area contributed by atoms with Gasteiger partial charge in [0.15, 0.2) is 0 Å². The normalized spacial score (nSPS) is 19.6. The van der Waals surface area contributed by atoms with E-state index in [0.717, 1.165) is 32.5 Å². The quantitative estimate of drug-likeness (QED) is 0.849. The third-order valence-corrected chi connectivity index (χ3v) is 2.93. The molecule has 2 rings (SSSR count). The standard InChI is InChI=1S/C11H20N4O2/c1-3-16-9-4-6-15(7-5-9)11-14-13-10(17-11)8(2)12/h8-9H,3-7,12H2,1-2H3. The summed E-state index contributed by atoms with van der Waals surface area (Å²) < 4.78 is 11.1. The molecular weight excluding hydrogens is 220 g/mol. The van der Waals surface area contributed by atoms with Crippen LogP contribution in [0.1, 0.15) is 38.6 Å². The van der Waals surface area contributed by atoms with Crippen LogP contribution in [-0.2, 0) is 4.74 Å². The van der Waals surface area contributed by atoms with Gasteiger partial charge in [-0.2, -0.15) is 0 Å². The molecule has 17 heavy (non-hydrogen) atoms. The van der Waals surface area contributed by atoms with Gasteiger partial charge >= 0.3 is 6.01 Å². The summed E-state index contributed by atoms with van der Waals surface area (Å²) in [5, 5.41) is 7.95. The Bertz CT molecular complexity index is 345. The molecule has 1 aromatic heterocycles. The van der Waals surface area contributed by atoms with E-state index in [9.17, 15) is 0 Å². The SMILES string of the molecule is CCOC1CCN(c2nnc(C(C)N)o2)CC1. The molecule has 1 aromatic rings. The number of rotatable bonds is 4. The fourth-order valence-corrected chi connectivity index (χ4v) is 1.99. The summed E-state index contributed by atoms with van der Waals surface area (Å²) >= 11 is 0. The lowest BCUT2D eigenvalue weighted by Crippen LogP contribution is -2.37. The lowest BCUT2D eigenvalue weighted by atomic mass is 10.1. The van der Waals surface area contributed by atoms with Gasteiger partial charge in [-0.1, -0.05) is 5.10 Å². The number of ether oxygens (including phenoxy) is 1. The fraction of sp³-hybridized carbons (Fsp3) is 0.818. The highest BCUT2D eigenvalue weighted by Crippen LogP contribution is 2.21. The predicted octanol–water partition coefficient (Wildman–Crippen LogP) is 1.09. The molecule has 0 spiro atoms. The van der Waals surface area contributed by atoms with Crippen molar-refractivity contribution in [3.05, 3.63) is 5.89 Å². The van der Waals surface area contributed by atoms with Crippen LogP contribution in [0.5, 0.6) is 0 Å². The number of hydrogen-bond donors (Lipinski definition) is 1. The molecule has 0 bridgehead atoms. The van der Waals surface area contributed by atoms with Gasteiger partial charge in [0.2, 0.25) is 5.89 Å². The van der Waals surface area contributed by atoms with E-state index in [0.29, 0.717) is 18.0 Å². The van der Waals surface area contributed by atoms with Crippen LogP contribution in [0.4, 0.5) is 6.01 Å². The molecule has 0 radical (unpaired) electrons. The Kier molecular flexibility index (Phi) is 3.96. The summed E-state index contributed by atoms with van der Waals surface area (Å²) in [7, 11) is 0. The molecule has 0 saturated carbocycles. The first-order valence-corrected chi connectivity index (χ1v) is 6.16. The molecule has 1 saturated heterocycles. The molecule has 2 heterocycles. The van der Waals surface area contributed by atoms with Crippen LogP contribution in [0.25, 0.3) is 0 Å². The highest BCUT2D eigenvalue weighted by Gasteiger charge is 2.23. The van der Waals surface area contributed by atoms with Crippen molar-refractivity contribution in [3.63, 3.8) is 0 Å². The van der Waals surface area contributed by atoms with E-state index in [1.54, 1.807) is 0 Å². The first kappa shape index (κ1) is 12.3. The van der Waals surface area contributed by atoms with Crippen molar-refractivity contribution in [1.29, 1.82) is 0 Å². The number of nitrogens with two attached hydrogens (primary N) is 1. The minimum atomic E-state index is -0.211. The minimum absolute atomic E-state index is 0.211. The zero-order chi connectivity index (χ0) is 12.3. The van der Waals surface area contributed by atoms with Crippen molar-refractivity contribution in [2.45, 2.75) is 38.8 Å². The highest BCUT2D eigenvalue weighted by atomic mass is 16.5. The molecule has 0 aliphatic carbocycles. The van der Waals surface area contributed by atoms with Crippen LogP contribution in [-0.4, -0.2) is 36.0 Å². The van der Waals surface area contributed by atoms with Crippen LogP contribution in [0.3, 0.4) is 0 Å². The molecule has 1 fully saturated rings. The predicted molar refractivity (Wildman–Crippen MR) is 63.8 cm³/mol. The zero-order valence-electron chi connectivity index (χ0n) is 10.4. The highest BCUT2D eigenvalue weighted by molar-refractivity contribution is 5.25. The van der Waals surface area contributed by atoms with Crippen LogP contribution in [0.15, 0.2) is 4.42 Å². The smallest absolute Gasteiger partial charge is 0.318 e. The van der Waals surface area contributed by atoms with Gasteiger partial charge in [-0.25, -0.2) is 0 Å². The molecule has 2 N–H and O–H groups in total. The molecule has 1 aliphatic rings. The Morgan fingerprint density at radius 1 is 1.47 bits per heavy atom. The number of anilines is 1. The Labute approximate surface area is 101 Å². The summed E-state index contributed by atoms with van der Waals surface area (Å²) in [5.41, 5.74) is 5.68. The molecular formula is C11H20N4O2. The third-order valence-electron chi connectivity index (χ3n) is 2.93. The monoisotopic (exact) mass is 240 g/mol. The summed E-state index contributed by atoms with van der Waals surface area (Å²) in [6, 6.07) is 0.365. The molecule has 0 amide bonds. The second-order valence-electron chi connectivity index (χ2n) is 4.35. The molecule has 1 atom stereocenters. The van der Waals surface area contributed by atoms with E-state index >= 15 is 0 Å². The van der Waals surface area contributed by atoms with Gasteiger partial charge in [0, 0.05) is 19.7 Å². The van der Waals surface area contributed by atoms with E-state index < -0.39 is 0 Å². The van der Waals surface area contributed by atoms with Crippen molar-refractivity contribution in [3.8, 4) is 0 Å². The Hall–Kier alpha value is -1.14. The number of nitrogens with zero attached hydrogens (tertiary/aromatic N) is 3. The number of hydrogen-bond acceptors (Lipinski definition) is 6. The summed E-state index contributed by atoms with van der Waals surface area (Å²) in [6.45, 7) is 6.43. The maximum Gasteiger partial charge on any atom is 0.318 e. The Morgan fingerprint density at radius 3 is 2.71 bits per heavy atom. The van der Waals surface area contributed by atoms with E-state index in [1.807, 2.05) is 13.8 Å². The lowest BCUT2D eigenvalue weighted by Gasteiger charge is -2.30. The van der Waals surface area contributed by atoms with Crippen molar-refractivity contribution in [2.24, 2.45) is 5.73 Å². The minimum Gasteiger partial charge on any atom is -0.406 e. The number of aromatic nitrogens is 2. The Balaban J connectivity index is 1.91. The van der Waals surface area contributed by atoms with Gasteiger partial charge in [0.05, 0.1) is 12.1 Å². The first-order chi connectivity index (χ1) is 8.20. The molecule has 6 nitrogen and oxygen atoms in total. The van der Waals surface area contributed by atoms with E-state index in [2.05, 4.69) is 15.1 Å². The average molecular weight is 240 g/mol. The topological polar surface area (TPSA) is 77.4 Å². The van der Waals surface area contributed by atoms with Gasteiger partial charge in [0.25, 0.3) is 0 Å². The summed E-state index contributed by atoms with van der Waals surface area (Å²) in [5.74, 6) is 0.493. The van der Waals surface area contributed by atoms with Gasteiger partial charge in [-0.05, 0) is 26.7 Å². The van der Waals surface area contributed by atoms with Crippen molar-refractivity contribution < 1.29 is 9.15 Å². The van der Waals surface area contributed by atoms with Gasteiger partial charge < -0.3 is 19.8 Å². The Morgan fingerprint density at radius 2 is 2.18 bits per heavy atom. The third kappa shape index (κ3) is 2.95. The fourth-order valence-electron chi connectivity index (χ4n) is 1.99. The maximum absolute atomic E-state index is 5.68. The van der Waals surface area contributed by atoms with Crippen LogP contribution in [0.2, 0.25) is 0 Å². The second-order valence-corrected chi connectivity index (χ2v) is 4.35. The van der Waals surface area contributed by atoms with Gasteiger partial charge in [-0.15, -0.1) is 5.10 Å². The molecule has 96 valence electrons. The first-order valence-electron chi connectivity index (χ1n) is 6.16. The van der Waals surface area contributed by atoms with E-state index in [-0.39, 0.29) is 6.04 Å². The second kappa shape index (κ2) is 5.46. The van der Waals surface area contributed by atoms with Crippen LogP contribution < -0.4 is 10.6 Å². The average Bonchev–Trinajstić information content (AvgIpc) is 2.80. The van der Waals surface area contributed by atoms with Gasteiger partial charge in [-0.3, -0.25) is 0 Å². The summed E-state index contributed by atoms with van der Waals surface area (Å²) in [4.78, 5) is 2.09. The van der Waals surface area contributed by atoms with E-state index in [4.69, 9.17) is 14.9 Å². The molecule has 6 heteroatoms. The largest absolute Gasteiger partial charge is 0.406 e. The number of piperidine rings is 1. The van der Waals surface area contributed by atoms with E-state index in [1.165, 1.54) is 0 Å². The molecule has 0 aromatic carbocycles. The van der Waals surface area contributed by atoms with Crippen LogP contribution >= 0.6 is 0 Å². The van der Waals surface area contributed by atoms with Crippen LogP contribution in [0, 0.1) is 0 Å².